The first-order valence-corrected chi connectivity index (χ1v) is 7.26. The Morgan fingerprint density at radius 2 is 2.10 bits per heavy atom. The van der Waals surface area contributed by atoms with Crippen LogP contribution in [0.15, 0.2) is 44.8 Å². The number of benzene rings is 1. The van der Waals surface area contributed by atoms with Crippen molar-refractivity contribution in [2.24, 2.45) is 0 Å². The number of rotatable bonds is 2. The molecule has 0 radical (unpaired) electrons. The van der Waals surface area contributed by atoms with Crippen LogP contribution in [0.5, 0.6) is 0 Å². The summed E-state index contributed by atoms with van der Waals surface area (Å²) in [5.74, 6) is 0.936. The normalized spacial score (nSPS) is 11.3. The van der Waals surface area contributed by atoms with Gasteiger partial charge in [0.15, 0.2) is 0 Å². The van der Waals surface area contributed by atoms with E-state index in [-0.39, 0.29) is 0 Å². The van der Waals surface area contributed by atoms with Gasteiger partial charge in [-0.15, -0.1) is 11.3 Å². The van der Waals surface area contributed by atoms with Crippen molar-refractivity contribution < 1.29 is 8.94 Å². The molecule has 6 heteroatoms. The lowest BCUT2D eigenvalue weighted by atomic mass is 10.2. The van der Waals surface area contributed by atoms with Crippen molar-refractivity contribution in [2.75, 3.05) is 5.73 Å². The maximum absolute atomic E-state index is 6.02. The average molecular weight is 297 g/mol. The minimum Gasteiger partial charge on any atom is -0.464 e. The highest BCUT2D eigenvalue weighted by atomic mass is 32.1. The van der Waals surface area contributed by atoms with Gasteiger partial charge in [0.1, 0.15) is 16.7 Å². The van der Waals surface area contributed by atoms with Crippen molar-refractivity contribution in [3.05, 3.63) is 41.5 Å². The number of hydrogen-bond acceptors (Lipinski definition) is 6. The second-order valence-corrected chi connectivity index (χ2v) is 5.61. The van der Waals surface area contributed by atoms with E-state index in [2.05, 4.69) is 10.1 Å². The monoisotopic (exact) mass is 297 g/mol. The molecule has 0 aliphatic heterocycles. The molecule has 0 fully saturated rings. The van der Waals surface area contributed by atoms with Crippen molar-refractivity contribution in [1.29, 1.82) is 0 Å². The number of nitrogen functional groups attached to an aromatic ring is 1. The largest absolute Gasteiger partial charge is 0.464 e. The van der Waals surface area contributed by atoms with Crippen LogP contribution in [-0.2, 0) is 0 Å². The van der Waals surface area contributed by atoms with Crippen LogP contribution in [0.3, 0.4) is 0 Å². The molecular formula is C15H11N3O2S. The number of furan rings is 1. The molecule has 3 heterocycles. The van der Waals surface area contributed by atoms with Gasteiger partial charge in [0.25, 0.3) is 5.89 Å². The van der Waals surface area contributed by atoms with Gasteiger partial charge in [-0.25, -0.2) is 0 Å². The topological polar surface area (TPSA) is 78.1 Å². The minimum absolute atomic E-state index is 0.436. The van der Waals surface area contributed by atoms with Gasteiger partial charge in [-0.3, -0.25) is 0 Å². The standard InChI is InChI=1S/C15H11N3O2S/c1-8-7-21-13(12(8)16)15-17-14(18-20-15)10-6-19-11-5-3-2-4-9(10)11/h2-7H,16H2,1H3. The zero-order valence-electron chi connectivity index (χ0n) is 11.2. The molecule has 0 amide bonds. The molecule has 1 aromatic carbocycles. The Morgan fingerprint density at radius 1 is 1.24 bits per heavy atom. The summed E-state index contributed by atoms with van der Waals surface area (Å²) in [7, 11) is 0. The number of aryl methyl sites for hydroxylation is 1. The van der Waals surface area contributed by atoms with Gasteiger partial charge >= 0.3 is 0 Å². The molecule has 0 spiro atoms. The maximum Gasteiger partial charge on any atom is 0.270 e. The van der Waals surface area contributed by atoms with Crippen molar-refractivity contribution in [1.82, 2.24) is 10.1 Å². The molecule has 104 valence electrons. The second kappa shape index (κ2) is 4.46. The molecule has 0 unspecified atom stereocenters. The van der Waals surface area contributed by atoms with Crippen LogP contribution in [0.2, 0.25) is 0 Å². The fourth-order valence-corrected chi connectivity index (χ4v) is 3.09. The van der Waals surface area contributed by atoms with E-state index >= 15 is 0 Å². The number of para-hydroxylation sites is 1. The second-order valence-electron chi connectivity index (χ2n) is 4.73. The summed E-state index contributed by atoms with van der Waals surface area (Å²) in [5, 5.41) is 6.97. The lowest BCUT2D eigenvalue weighted by Gasteiger charge is -1.92. The number of anilines is 1. The molecule has 0 saturated carbocycles. The van der Waals surface area contributed by atoms with Gasteiger partial charge in [0, 0.05) is 5.39 Å². The summed E-state index contributed by atoms with van der Waals surface area (Å²) >= 11 is 1.50. The molecule has 0 atom stereocenters. The van der Waals surface area contributed by atoms with Crippen molar-refractivity contribution >= 4 is 28.0 Å². The lowest BCUT2D eigenvalue weighted by molar-refractivity contribution is 0.433. The fourth-order valence-electron chi connectivity index (χ4n) is 2.20. The first-order chi connectivity index (χ1) is 10.2. The van der Waals surface area contributed by atoms with Gasteiger partial charge < -0.3 is 14.7 Å². The van der Waals surface area contributed by atoms with Gasteiger partial charge in [-0.1, -0.05) is 23.4 Å². The number of nitrogens with two attached hydrogens (primary N) is 1. The lowest BCUT2D eigenvalue weighted by Crippen LogP contribution is -1.87. The number of hydrogen-bond donors (Lipinski definition) is 1. The predicted molar refractivity (Wildman–Crippen MR) is 82.0 cm³/mol. The molecule has 5 nitrogen and oxygen atoms in total. The summed E-state index contributed by atoms with van der Waals surface area (Å²) in [6.07, 6.45) is 1.64. The Hall–Kier alpha value is -2.60. The van der Waals surface area contributed by atoms with E-state index < -0.39 is 0 Å². The molecule has 21 heavy (non-hydrogen) atoms. The highest BCUT2D eigenvalue weighted by Crippen LogP contribution is 2.35. The van der Waals surface area contributed by atoms with Crippen LogP contribution in [0, 0.1) is 6.92 Å². The summed E-state index contributed by atoms with van der Waals surface area (Å²) in [5.41, 5.74) is 9.33. The smallest absolute Gasteiger partial charge is 0.270 e. The van der Waals surface area contributed by atoms with Crippen molar-refractivity contribution in [2.45, 2.75) is 6.92 Å². The quantitative estimate of drug-likeness (QED) is 0.602. The fraction of sp³-hybridized carbons (Fsp3) is 0.0667. The zero-order chi connectivity index (χ0) is 14.4. The van der Waals surface area contributed by atoms with E-state index in [1.165, 1.54) is 11.3 Å². The Morgan fingerprint density at radius 3 is 2.90 bits per heavy atom. The Balaban J connectivity index is 1.83. The van der Waals surface area contributed by atoms with Gasteiger partial charge in [0.05, 0.1) is 11.3 Å². The first-order valence-electron chi connectivity index (χ1n) is 6.38. The number of aromatic nitrogens is 2. The molecule has 0 bridgehead atoms. The van der Waals surface area contributed by atoms with Gasteiger partial charge in [-0.2, -0.15) is 4.98 Å². The van der Waals surface area contributed by atoms with Crippen LogP contribution in [0.1, 0.15) is 5.56 Å². The van der Waals surface area contributed by atoms with Crippen molar-refractivity contribution in [3.63, 3.8) is 0 Å². The van der Waals surface area contributed by atoms with E-state index in [1.807, 2.05) is 36.6 Å². The molecule has 0 aliphatic rings. The van der Waals surface area contributed by atoms with Crippen LogP contribution >= 0.6 is 11.3 Å². The molecule has 4 aromatic rings. The molecule has 3 aromatic heterocycles. The summed E-state index contributed by atoms with van der Waals surface area (Å²) in [6.45, 7) is 1.95. The Kier molecular flexibility index (Phi) is 2.58. The van der Waals surface area contributed by atoms with Crippen molar-refractivity contribution in [3.8, 4) is 22.2 Å². The zero-order valence-corrected chi connectivity index (χ0v) is 12.0. The van der Waals surface area contributed by atoms with Crippen LogP contribution in [-0.4, -0.2) is 10.1 Å². The van der Waals surface area contributed by atoms with E-state index in [9.17, 15) is 0 Å². The predicted octanol–water partition coefficient (Wildman–Crippen LogP) is 4.10. The van der Waals surface area contributed by atoms with E-state index in [0.29, 0.717) is 17.4 Å². The number of fused-ring (bicyclic) bond motifs is 1. The van der Waals surface area contributed by atoms with Crippen LogP contribution in [0.25, 0.3) is 33.1 Å². The Labute approximate surface area is 124 Å². The molecule has 2 N–H and O–H groups in total. The molecule has 4 rings (SSSR count). The molecule has 0 aliphatic carbocycles. The van der Waals surface area contributed by atoms with E-state index in [1.54, 1.807) is 6.26 Å². The molecule has 0 saturated heterocycles. The first kappa shape index (κ1) is 12.2. The summed E-state index contributed by atoms with van der Waals surface area (Å²) in [4.78, 5) is 5.24. The number of nitrogens with zero attached hydrogens (tertiary/aromatic N) is 2. The molecular weight excluding hydrogens is 286 g/mol. The van der Waals surface area contributed by atoms with Gasteiger partial charge in [0.2, 0.25) is 5.82 Å². The number of thiophene rings is 1. The maximum atomic E-state index is 6.02. The minimum atomic E-state index is 0.436. The third-order valence-corrected chi connectivity index (χ3v) is 4.47. The van der Waals surface area contributed by atoms with Gasteiger partial charge in [-0.05, 0) is 23.9 Å². The highest BCUT2D eigenvalue weighted by Gasteiger charge is 2.18. The van der Waals surface area contributed by atoms with Crippen LogP contribution in [0.4, 0.5) is 5.69 Å². The summed E-state index contributed by atoms with van der Waals surface area (Å²) < 4.78 is 10.8. The third kappa shape index (κ3) is 1.84. The Bertz CT molecular complexity index is 935. The van der Waals surface area contributed by atoms with Crippen LogP contribution < -0.4 is 5.73 Å². The third-order valence-electron chi connectivity index (χ3n) is 3.37. The highest BCUT2D eigenvalue weighted by molar-refractivity contribution is 7.14. The summed E-state index contributed by atoms with van der Waals surface area (Å²) in [6, 6.07) is 7.74. The average Bonchev–Trinajstić information content (AvgIpc) is 3.19. The SMILES string of the molecule is Cc1csc(-c2nc(-c3coc4ccccc34)no2)c1N. The van der Waals surface area contributed by atoms with E-state index in [4.69, 9.17) is 14.7 Å². The van der Waals surface area contributed by atoms with E-state index in [0.717, 1.165) is 27.0 Å².